The Labute approximate surface area is 219 Å². The number of anilines is 1. The molecule has 0 unspecified atom stereocenters. The Morgan fingerprint density at radius 2 is 1.76 bits per heavy atom. The van der Waals surface area contributed by atoms with E-state index in [1.807, 2.05) is 30.3 Å². The number of aromatic amines is 1. The fraction of sp³-hybridized carbons (Fsp3) is 0.148. The molecular weight excluding hydrogens is 508 g/mol. The number of sulfonamides is 1. The van der Waals surface area contributed by atoms with Crippen LogP contribution in [0.4, 0.5) is 11.4 Å². The maximum absolute atomic E-state index is 12.9. The van der Waals surface area contributed by atoms with Crippen LogP contribution in [-0.4, -0.2) is 36.4 Å². The molecule has 0 aliphatic carbocycles. The van der Waals surface area contributed by atoms with Crippen LogP contribution in [0.1, 0.15) is 16.7 Å². The highest BCUT2D eigenvalue weighted by Crippen LogP contribution is 2.31. The SMILES string of the molecule is COc1cc(S(=O)(=O)Nc2ccccc2C)ccc1N=Cc1c(O)n(CCc2ccccc2)c(=O)[nH]c1=O. The number of aliphatic imine (C=N–C) groups is 1. The molecule has 38 heavy (non-hydrogen) atoms. The molecule has 3 N–H and O–H groups in total. The molecule has 0 saturated carbocycles. The minimum absolute atomic E-state index is 0.0493. The van der Waals surface area contributed by atoms with Gasteiger partial charge in [-0.3, -0.25) is 24.1 Å². The largest absolute Gasteiger partial charge is 0.494 e. The summed E-state index contributed by atoms with van der Waals surface area (Å²) in [6.07, 6.45) is 1.56. The lowest BCUT2D eigenvalue weighted by Gasteiger charge is -2.12. The number of H-pyrrole nitrogens is 1. The Morgan fingerprint density at radius 3 is 2.47 bits per heavy atom. The van der Waals surface area contributed by atoms with E-state index in [1.165, 1.54) is 25.3 Å². The van der Waals surface area contributed by atoms with E-state index >= 15 is 0 Å². The van der Waals surface area contributed by atoms with Crippen LogP contribution in [0.15, 0.2) is 92.3 Å². The molecule has 0 aliphatic rings. The average Bonchev–Trinajstić information content (AvgIpc) is 2.90. The molecule has 0 spiro atoms. The Balaban J connectivity index is 1.62. The Kier molecular flexibility index (Phi) is 7.77. The lowest BCUT2D eigenvalue weighted by Crippen LogP contribution is -2.32. The van der Waals surface area contributed by atoms with Gasteiger partial charge in [0.2, 0.25) is 5.88 Å². The van der Waals surface area contributed by atoms with Gasteiger partial charge in [0.05, 0.1) is 17.7 Å². The van der Waals surface area contributed by atoms with Crippen molar-refractivity contribution >= 4 is 27.6 Å². The molecule has 4 aromatic rings. The van der Waals surface area contributed by atoms with E-state index in [-0.39, 0.29) is 28.4 Å². The van der Waals surface area contributed by atoms with Crippen LogP contribution in [0.25, 0.3) is 0 Å². The second-order valence-electron chi connectivity index (χ2n) is 8.40. The van der Waals surface area contributed by atoms with Crippen molar-refractivity contribution in [3.8, 4) is 11.6 Å². The number of hydrogen-bond donors (Lipinski definition) is 3. The van der Waals surface area contributed by atoms with Crippen LogP contribution in [0.2, 0.25) is 0 Å². The number of methoxy groups -OCH3 is 1. The second-order valence-corrected chi connectivity index (χ2v) is 10.1. The summed E-state index contributed by atoms with van der Waals surface area (Å²) in [5, 5.41) is 10.7. The monoisotopic (exact) mass is 534 g/mol. The highest BCUT2D eigenvalue weighted by atomic mass is 32.2. The maximum atomic E-state index is 12.9. The van der Waals surface area contributed by atoms with Gasteiger partial charge < -0.3 is 9.84 Å². The van der Waals surface area contributed by atoms with Crippen LogP contribution in [0.3, 0.4) is 0 Å². The first-order valence-electron chi connectivity index (χ1n) is 11.6. The number of aryl methyl sites for hydroxylation is 2. The van der Waals surface area contributed by atoms with Crippen molar-refractivity contribution in [1.82, 2.24) is 9.55 Å². The zero-order valence-electron chi connectivity index (χ0n) is 20.7. The topological polar surface area (TPSA) is 143 Å². The van der Waals surface area contributed by atoms with Gasteiger partial charge in [0.1, 0.15) is 17.0 Å². The number of hydrogen-bond acceptors (Lipinski definition) is 7. The van der Waals surface area contributed by atoms with Gasteiger partial charge in [-0.1, -0.05) is 48.5 Å². The van der Waals surface area contributed by atoms with Gasteiger partial charge in [0.25, 0.3) is 15.6 Å². The van der Waals surface area contributed by atoms with Crippen molar-refractivity contribution in [2.75, 3.05) is 11.8 Å². The quantitative estimate of drug-likeness (QED) is 0.281. The second kappa shape index (κ2) is 11.2. The summed E-state index contributed by atoms with van der Waals surface area (Å²) in [5.74, 6) is -0.402. The summed E-state index contributed by atoms with van der Waals surface area (Å²) in [6.45, 7) is 1.92. The number of para-hydroxylation sites is 1. The van der Waals surface area contributed by atoms with E-state index in [1.54, 1.807) is 31.2 Å². The van der Waals surface area contributed by atoms with E-state index in [4.69, 9.17) is 4.74 Å². The molecule has 196 valence electrons. The van der Waals surface area contributed by atoms with E-state index in [9.17, 15) is 23.1 Å². The maximum Gasteiger partial charge on any atom is 0.331 e. The lowest BCUT2D eigenvalue weighted by atomic mass is 10.1. The zero-order valence-corrected chi connectivity index (χ0v) is 21.5. The van der Waals surface area contributed by atoms with Crippen molar-refractivity contribution in [3.63, 3.8) is 0 Å². The first-order valence-corrected chi connectivity index (χ1v) is 13.1. The van der Waals surface area contributed by atoms with Gasteiger partial charge in [-0.15, -0.1) is 0 Å². The molecule has 0 amide bonds. The lowest BCUT2D eigenvalue weighted by molar-refractivity contribution is 0.399. The summed E-state index contributed by atoms with van der Waals surface area (Å²) in [7, 11) is -2.57. The van der Waals surface area contributed by atoms with Gasteiger partial charge >= 0.3 is 5.69 Å². The third kappa shape index (κ3) is 5.84. The van der Waals surface area contributed by atoms with Crippen LogP contribution in [0, 0.1) is 6.92 Å². The highest BCUT2D eigenvalue weighted by Gasteiger charge is 2.18. The first-order chi connectivity index (χ1) is 18.2. The van der Waals surface area contributed by atoms with Gasteiger partial charge in [0, 0.05) is 18.8 Å². The van der Waals surface area contributed by atoms with Gasteiger partial charge in [-0.25, -0.2) is 13.2 Å². The zero-order chi connectivity index (χ0) is 27.3. The number of benzene rings is 3. The fourth-order valence-corrected chi connectivity index (χ4v) is 4.89. The molecular formula is C27H26N4O6S. The minimum Gasteiger partial charge on any atom is -0.494 e. The molecule has 3 aromatic carbocycles. The minimum atomic E-state index is -3.92. The number of nitrogens with zero attached hydrogens (tertiary/aromatic N) is 2. The van der Waals surface area contributed by atoms with E-state index < -0.39 is 27.2 Å². The smallest absolute Gasteiger partial charge is 0.331 e. The fourth-order valence-electron chi connectivity index (χ4n) is 3.74. The van der Waals surface area contributed by atoms with Crippen LogP contribution >= 0.6 is 0 Å². The van der Waals surface area contributed by atoms with Crippen LogP contribution < -0.4 is 20.7 Å². The first kappa shape index (κ1) is 26.4. The van der Waals surface area contributed by atoms with Gasteiger partial charge in [-0.2, -0.15) is 0 Å². The average molecular weight is 535 g/mol. The third-order valence-electron chi connectivity index (χ3n) is 5.86. The molecule has 11 heteroatoms. The Morgan fingerprint density at radius 1 is 1.05 bits per heavy atom. The Bertz CT molecular complexity index is 1710. The number of rotatable bonds is 9. The van der Waals surface area contributed by atoms with Gasteiger partial charge in [0.15, 0.2) is 0 Å². The molecule has 0 atom stereocenters. The van der Waals surface area contributed by atoms with Crippen molar-refractivity contribution in [2.45, 2.75) is 24.8 Å². The van der Waals surface area contributed by atoms with E-state index in [0.717, 1.165) is 21.9 Å². The van der Waals surface area contributed by atoms with Crippen LogP contribution in [0.5, 0.6) is 11.6 Å². The molecule has 1 heterocycles. The summed E-state index contributed by atoms with van der Waals surface area (Å²) in [6, 6.07) is 20.4. The van der Waals surface area contributed by atoms with Crippen molar-refractivity contribution in [2.24, 2.45) is 4.99 Å². The predicted molar refractivity (Wildman–Crippen MR) is 145 cm³/mol. The van der Waals surface area contributed by atoms with Gasteiger partial charge in [-0.05, 0) is 42.7 Å². The Hall–Kier alpha value is -4.64. The van der Waals surface area contributed by atoms with E-state index in [0.29, 0.717) is 12.1 Å². The van der Waals surface area contributed by atoms with Crippen molar-refractivity contribution in [3.05, 3.63) is 110 Å². The molecule has 0 saturated heterocycles. The van der Waals surface area contributed by atoms with Crippen molar-refractivity contribution < 1.29 is 18.3 Å². The summed E-state index contributed by atoms with van der Waals surface area (Å²) in [4.78, 5) is 31.1. The molecule has 0 bridgehead atoms. The summed E-state index contributed by atoms with van der Waals surface area (Å²) in [5.41, 5.74) is 0.601. The highest BCUT2D eigenvalue weighted by molar-refractivity contribution is 7.92. The molecule has 1 aromatic heterocycles. The standard InChI is InChI=1S/C27H26N4O6S/c1-18-8-6-7-11-22(18)30-38(35,36)20-12-13-23(24(16-20)37-2)28-17-21-25(32)29-27(34)31(26(21)33)15-14-19-9-4-3-5-10-19/h3-13,16-17,30,33H,14-15H2,1-2H3,(H,29,32,34). The molecule has 4 rings (SSSR count). The normalized spacial score (nSPS) is 11.5. The number of aromatic hydroxyl groups is 1. The molecule has 10 nitrogen and oxygen atoms in total. The molecule has 0 aliphatic heterocycles. The summed E-state index contributed by atoms with van der Waals surface area (Å²) < 4.78 is 34.8. The third-order valence-corrected chi connectivity index (χ3v) is 7.22. The molecule has 0 fully saturated rings. The number of aromatic nitrogens is 2. The summed E-state index contributed by atoms with van der Waals surface area (Å²) >= 11 is 0. The van der Waals surface area contributed by atoms with Crippen molar-refractivity contribution in [1.29, 1.82) is 0 Å². The number of ether oxygens (including phenoxy) is 1. The van der Waals surface area contributed by atoms with Crippen LogP contribution in [-0.2, 0) is 23.0 Å². The van der Waals surface area contributed by atoms with E-state index in [2.05, 4.69) is 14.7 Å². The number of nitrogens with one attached hydrogen (secondary N) is 2. The molecule has 0 radical (unpaired) electrons. The predicted octanol–water partition coefficient (Wildman–Crippen LogP) is 3.35.